The molecule has 0 spiro atoms. The van der Waals surface area contributed by atoms with E-state index in [1.165, 1.54) is 42.2 Å². The molecule has 0 atom stereocenters. The summed E-state index contributed by atoms with van der Waals surface area (Å²) >= 11 is 0. The molecule has 0 aliphatic heterocycles. The number of rotatable bonds is 13. The Morgan fingerprint density at radius 2 is 0.443 bits per heavy atom. The van der Waals surface area contributed by atoms with Crippen LogP contribution in [-0.2, 0) is 0 Å². The Balaban J connectivity index is 1.06. The topological polar surface area (TPSA) is 3.24 Å². The van der Waals surface area contributed by atoms with Gasteiger partial charge in [0.2, 0.25) is 0 Å². The second-order valence-electron chi connectivity index (χ2n) is 15.3. The maximum Gasteiger partial charge on any atom is 0.172 e. The van der Waals surface area contributed by atoms with Gasteiger partial charge >= 0.3 is 0 Å². The second-order valence-corrected chi connectivity index (χ2v) is 22.7. The summed E-state index contributed by atoms with van der Waals surface area (Å²) in [6.45, 7) is 0. The molecule has 0 heterocycles. The maximum absolute atomic E-state index is 2.52. The van der Waals surface area contributed by atoms with Crippen molar-refractivity contribution in [2.45, 2.75) is 0 Å². The third kappa shape index (κ3) is 8.18. The smallest absolute Gasteiger partial charge is 0.172 e. The van der Waals surface area contributed by atoms with Crippen LogP contribution in [0.2, 0.25) is 0 Å². The highest BCUT2D eigenvalue weighted by atomic mass is 28.3. The maximum atomic E-state index is 2.51. The number of hydrogen-bond donors (Lipinski definition) is 0. The molecule has 0 unspecified atom stereocenters. The first kappa shape index (κ1) is 39.2. The van der Waals surface area contributed by atoms with Crippen LogP contribution in [-0.4, -0.2) is 16.1 Å². The highest BCUT2D eigenvalue weighted by Gasteiger charge is 2.38. The molecule has 9 aromatic rings. The van der Waals surface area contributed by atoms with Crippen molar-refractivity contribution < 1.29 is 0 Å². The average Bonchev–Trinajstić information content (AvgIpc) is 3.35. The van der Waals surface area contributed by atoms with Crippen molar-refractivity contribution in [2.75, 3.05) is 4.90 Å². The highest BCUT2D eigenvalue weighted by Crippen LogP contribution is 2.35. The van der Waals surface area contributed by atoms with Crippen molar-refractivity contribution in [3.63, 3.8) is 0 Å². The molecule has 0 aromatic heterocycles. The minimum atomic E-state index is -2.52. The summed E-state index contributed by atoms with van der Waals surface area (Å²) in [5.41, 5.74) is 10.7. The quantitative estimate of drug-likeness (QED) is 0.0828. The third-order valence-corrected chi connectivity index (χ3v) is 20.5. The first-order valence-corrected chi connectivity index (χ1v) is 25.2. The van der Waals surface area contributed by atoms with Crippen molar-refractivity contribution in [3.05, 3.63) is 283 Å². The van der Waals surface area contributed by atoms with Gasteiger partial charge in [-0.25, -0.2) is 0 Å². The van der Waals surface area contributed by atoms with Crippen LogP contribution in [0.3, 0.4) is 0 Å². The number of hydrogen-bond acceptors (Lipinski definition) is 1. The molecule has 3 heteroatoms. The lowest BCUT2D eigenvalue weighted by Crippen LogP contribution is -2.66. The SMILES string of the molecule is C(=C[Si](c1ccccc1)(c1ccccc1)c1ccccc1)c1ccc(N(c2ccccc2)c2ccc(C=C[Si](c3ccccc3)(c3ccccc3)c3ccccc3)cc2)cc1. The zero-order valence-corrected chi connectivity index (χ0v) is 36.1. The van der Waals surface area contributed by atoms with Gasteiger partial charge in [0.25, 0.3) is 0 Å². The van der Waals surface area contributed by atoms with Gasteiger partial charge in [-0.05, 0) is 78.6 Å². The summed E-state index contributed by atoms with van der Waals surface area (Å²) in [6.07, 6.45) is 4.67. The minimum absolute atomic E-state index is 1.10. The van der Waals surface area contributed by atoms with Gasteiger partial charge < -0.3 is 4.90 Å². The summed E-state index contributed by atoms with van der Waals surface area (Å²) in [4.78, 5) is 2.34. The predicted octanol–water partition coefficient (Wildman–Crippen LogP) is 10.6. The van der Waals surface area contributed by atoms with E-state index in [-0.39, 0.29) is 0 Å². The van der Waals surface area contributed by atoms with Gasteiger partial charge in [0.05, 0.1) is 0 Å². The molecule has 0 fully saturated rings. The van der Waals surface area contributed by atoms with Crippen LogP contribution in [0.1, 0.15) is 11.1 Å². The fourth-order valence-electron chi connectivity index (χ4n) is 8.72. The summed E-state index contributed by atoms with van der Waals surface area (Å²) in [6, 6.07) is 94.9. The first-order valence-electron chi connectivity index (χ1n) is 21.0. The van der Waals surface area contributed by atoms with E-state index < -0.39 is 16.1 Å². The Hall–Kier alpha value is -7.31. The molecule has 0 saturated heterocycles. The molecule has 0 amide bonds. The van der Waals surface area contributed by atoms with E-state index >= 15 is 0 Å². The third-order valence-electron chi connectivity index (χ3n) is 11.7. The number of para-hydroxylation sites is 1. The number of benzene rings is 9. The largest absolute Gasteiger partial charge is 0.311 e. The first-order chi connectivity index (χ1) is 30.2. The van der Waals surface area contributed by atoms with Crippen LogP contribution in [0.5, 0.6) is 0 Å². The van der Waals surface area contributed by atoms with Gasteiger partial charge in [-0.15, -0.1) is 0 Å². The van der Waals surface area contributed by atoms with Gasteiger partial charge in [-0.3, -0.25) is 0 Å². The van der Waals surface area contributed by atoms with Gasteiger partial charge in [0.15, 0.2) is 16.1 Å². The van der Waals surface area contributed by atoms with E-state index in [4.69, 9.17) is 0 Å². The molecule has 0 radical (unpaired) electrons. The van der Waals surface area contributed by atoms with Crippen molar-refractivity contribution in [3.8, 4) is 0 Å². The molecule has 1 nitrogen and oxygen atoms in total. The molecular formula is C58H47NSi2. The molecule has 0 bridgehead atoms. The normalized spacial score (nSPS) is 11.8. The van der Waals surface area contributed by atoms with E-state index in [0.29, 0.717) is 0 Å². The van der Waals surface area contributed by atoms with Crippen molar-refractivity contribution in [2.24, 2.45) is 0 Å². The van der Waals surface area contributed by atoms with Gasteiger partial charge in [-0.1, -0.05) is 248 Å². The van der Waals surface area contributed by atoms with E-state index in [2.05, 4.69) is 289 Å². The van der Waals surface area contributed by atoms with Crippen molar-refractivity contribution in [1.82, 2.24) is 0 Å². The minimum Gasteiger partial charge on any atom is -0.311 e. The van der Waals surface area contributed by atoms with E-state index in [1.807, 2.05) is 0 Å². The Labute approximate surface area is 362 Å². The number of nitrogens with zero attached hydrogens (tertiary/aromatic N) is 1. The Morgan fingerprint density at radius 1 is 0.230 bits per heavy atom. The van der Waals surface area contributed by atoms with Gasteiger partial charge in [0, 0.05) is 17.1 Å². The molecule has 61 heavy (non-hydrogen) atoms. The van der Waals surface area contributed by atoms with E-state index in [1.54, 1.807) is 0 Å². The molecule has 0 aliphatic rings. The van der Waals surface area contributed by atoms with Crippen molar-refractivity contribution >= 4 is 76.5 Å². The zero-order valence-electron chi connectivity index (χ0n) is 34.1. The molecule has 9 rings (SSSR count). The van der Waals surface area contributed by atoms with Crippen LogP contribution < -0.4 is 36.0 Å². The van der Waals surface area contributed by atoms with Crippen LogP contribution in [0.15, 0.2) is 272 Å². The van der Waals surface area contributed by atoms with Crippen LogP contribution in [0.25, 0.3) is 12.2 Å². The molecule has 0 saturated carbocycles. The molecule has 292 valence electrons. The zero-order chi connectivity index (χ0) is 41.2. The van der Waals surface area contributed by atoms with Crippen molar-refractivity contribution in [1.29, 1.82) is 0 Å². The molecule has 9 aromatic carbocycles. The lowest BCUT2D eigenvalue weighted by atomic mass is 10.1. The Kier molecular flexibility index (Phi) is 11.8. The van der Waals surface area contributed by atoms with Crippen LogP contribution >= 0.6 is 0 Å². The fourth-order valence-corrected chi connectivity index (χ4v) is 17.1. The van der Waals surface area contributed by atoms with Gasteiger partial charge in [-0.2, -0.15) is 0 Å². The Morgan fingerprint density at radius 3 is 0.689 bits per heavy atom. The predicted molar refractivity (Wildman–Crippen MR) is 267 cm³/mol. The lowest BCUT2D eigenvalue weighted by molar-refractivity contribution is 1.28. The summed E-state index contributed by atoms with van der Waals surface area (Å²) in [7, 11) is -5.05. The molecule has 0 N–H and O–H groups in total. The van der Waals surface area contributed by atoms with E-state index in [0.717, 1.165) is 17.1 Å². The highest BCUT2D eigenvalue weighted by molar-refractivity contribution is 7.15. The summed E-state index contributed by atoms with van der Waals surface area (Å²) in [5, 5.41) is 8.18. The van der Waals surface area contributed by atoms with Gasteiger partial charge in [0.1, 0.15) is 0 Å². The Bertz CT molecular complexity index is 2420. The second kappa shape index (κ2) is 18.3. The number of anilines is 3. The molecular weight excluding hydrogens is 767 g/mol. The molecule has 0 aliphatic carbocycles. The summed E-state index contributed by atoms with van der Waals surface area (Å²) < 4.78 is 0. The standard InChI is InChI=1S/C58H47NSi2/c1-8-22-50(23-9-1)59(51-40-36-48(37-41-51)44-46-60(53-24-10-2-11-25-53,54-26-12-3-13-27-54)55-28-14-4-15-29-55)52-42-38-49(39-43-52)45-47-61(56-30-16-5-17-31-56,57-32-18-6-19-33-57)58-34-20-7-21-35-58/h1-47H. The fraction of sp³-hybridized carbons (Fsp3) is 0. The lowest BCUT2D eigenvalue weighted by Gasteiger charge is -2.31. The summed E-state index contributed by atoms with van der Waals surface area (Å²) in [5.74, 6) is 0. The van der Waals surface area contributed by atoms with E-state index in [9.17, 15) is 0 Å². The monoisotopic (exact) mass is 813 g/mol. The average molecular weight is 814 g/mol. The van der Waals surface area contributed by atoms with Crippen LogP contribution in [0, 0.1) is 0 Å². The van der Waals surface area contributed by atoms with Crippen LogP contribution in [0.4, 0.5) is 17.1 Å².